The molecule has 3 amide bonds. The molecule has 0 aliphatic carbocycles. The zero-order valence-corrected chi connectivity index (χ0v) is 19.1. The Kier molecular flexibility index (Phi) is 8.83. The number of imide groups is 1. The number of amides is 3. The van der Waals surface area contributed by atoms with E-state index < -0.39 is 24.4 Å². The predicted molar refractivity (Wildman–Crippen MR) is 120 cm³/mol. The number of morpholine rings is 1. The number of hydrogen-bond acceptors (Lipinski definition) is 8. The highest BCUT2D eigenvalue weighted by atomic mass is 35.5. The summed E-state index contributed by atoms with van der Waals surface area (Å²) >= 11 is 5.92. The van der Waals surface area contributed by atoms with Crippen LogP contribution in [0.1, 0.15) is 20.7 Å². The molecule has 180 valence electrons. The van der Waals surface area contributed by atoms with Crippen molar-refractivity contribution < 1.29 is 38.1 Å². The molecule has 11 heteroatoms. The molecule has 0 aromatic heterocycles. The predicted octanol–water partition coefficient (Wildman–Crippen LogP) is 1.70. The molecule has 1 fully saturated rings. The minimum Gasteiger partial charge on any atom is -0.493 e. The Hall–Kier alpha value is -3.63. The summed E-state index contributed by atoms with van der Waals surface area (Å²) in [6.45, 7) is 1.10. The van der Waals surface area contributed by atoms with E-state index in [1.54, 1.807) is 17.0 Å². The zero-order chi connectivity index (χ0) is 24.5. The number of ether oxygens (including phenoxy) is 4. The van der Waals surface area contributed by atoms with Crippen molar-refractivity contribution in [2.45, 2.75) is 0 Å². The molecule has 1 aliphatic heterocycles. The van der Waals surface area contributed by atoms with Gasteiger partial charge >= 0.3 is 5.97 Å². The van der Waals surface area contributed by atoms with Crippen LogP contribution in [0, 0.1) is 0 Å². The molecule has 34 heavy (non-hydrogen) atoms. The van der Waals surface area contributed by atoms with E-state index in [-0.39, 0.29) is 40.2 Å². The third kappa shape index (κ3) is 6.69. The number of nitrogens with zero attached hydrogens (tertiary/aromatic N) is 1. The van der Waals surface area contributed by atoms with Crippen LogP contribution in [0.3, 0.4) is 0 Å². The molecule has 1 N–H and O–H groups in total. The van der Waals surface area contributed by atoms with Crippen molar-refractivity contribution in [3.8, 4) is 11.5 Å². The van der Waals surface area contributed by atoms with Crippen LogP contribution >= 0.6 is 11.6 Å². The van der Waals surface area contributed by atoms with Gasteiger partial charge in [-0.25, -0.2) is 4.79 Å². The van der Waals surface area contributed by atoms with Gasteiger partial charge in [-0.15, -0.1) is 0 Å². The first-order valence-corrected chi connectivity index (χ1v) is 10.7. The molecule has 0 radical (unpaired) electrons. The minimum atomic E-state index is -0.813. The summed E-state index contributed by atoms with van der Waals surface area (Å²) in [4.78, 5) is 50.3. The van der Waals surface area contributed by atoms with E-state index in [9.17, 15) is 19.2 Å². The molecule has 0 atom stereocenters. The van der Waals surface area contributed by atoms with E-state index in [0.29, 0.717) is 26.3 Å². The SMILES string of the molecule is COc1cc(C(=O)OCC(=O)NC(=O)c2ccccc2Cl)ccc1OCC(=O)N1CCOCC1. The van der Waals surface area contributed by atoms with E-state index in [0.717, 1.165) is 0 Å². The fraction of sp³-hybridized carbons (Fsp3) is 0.304. The molecular formula is C23H23ClN2O8. The Balaban J connectivity index is 1.52. The first-order chi connectivity index (χ1) is 16.4. The molecule has 1 saturated heterocycles. The van der Waals surface area contributed by atoms with Crippen LogP contribution in [-0.4, -0.2) is 75.2 Å². The van der Waals surface area contributed by atoms with Gasteiger partial charge in [-0.1, -0.05) is 23.7 Å². The Labute approximate surface area is 200 Å². The summed E-state index contributed by atoms with van der Waals surface area (Å²) in [6.07, 6.45) is 0. The Morgan fingerprint density at radius 1 is 1.03 bits per heavy atom. The quantitative estimate of drug-likeness (QED) is 0.555. The summed E-state index contributed by atoms with van der Waals surface area (Å²) in [5, 5.41) is 2.29. The molecule has 1 heterocycles. The topological polar surface area (TPSA) is 120 Å². The Bertz CT molecular complexity index is 1070. The van der Waals surface area contributed by atoms with Crippen LogP contribution in [0.4, 0.5) is 0 Å². The zero-order valence-electron chi connectivity index (χ0n) is 18.4. The molecule has 10 nitrogen and oxygen atoms in total. The monoisotopic (exact) mass is 490 g/mol. The minimum absolute atomic E-state index is 0.0916. The second kappa shape index (κ2) is 12.0. The third-order valence-corrected chi connectivity index (χ3v) is 5.15. The molecule has 0 bridgehead atoms. The number of carbonyl (C=O) groups is 4. The van der Waals surface area contributed by atoms with Crippen molar-refractivity contribution in [1.82, 2.24) is 10.2 Å². The third-order valence-electron chi connectivity index (χ3n) is 4.82. The van der Waals surface area contributed by atoms with Gasteiger partial charge in [-0.05, 0) is 30.3 Å². The smallest absolute Gasteiger partial charge is 0.338 e. The number of hydrogen-bond donors (Lipinski definition) is 1. The second-order valence-corrected chi connectivity index (χ2v) is 7.49. The number of benzene rings is 2. The highest BCUT2D eigenvalue weighted by molar-refractivity contribution is 6.34. The van der Waals surface area contributed by atoms with Gasteiger partial charge < -0.3 is 23.8 Å². The van der Waals surface area contributed by atoms with Crippen LogP contribution in [0.5, 0.6) is 11.5 Å². The fourth-order valence-electron chi connectivity index (χ4n) is 3.05. The molecular weight excluding hydrogens is 468 g/mol. The maximum absolute atomic E-state index is 12.3. The van der Waals surface area contributed by atoms with Crippen LogP contribution in [-0.2, 0) is 19.1 Å². The van der Waals surface area contributed by atoms with Gasteiger partial charge in [0.05, 0.1) is 36.5 Å². The average molecular weight is 491 g/mol. The van der Waals surface area contributed by atoms with E-state index in [4.69, 9.17) is 30.5 Å². The second-order valence-electron chi connectivity index (χ2n) is 7.08. The normalized spacial score (nSPS) is 13.1. The van der Waals surface area contributed by atoms with E-state index in [1.165, 1.54) is 37.4 Å². The number of nitrogens with one attached hydrogen (secondary N) is 1. The summed E-state index contributed by atoms with van der Waals surface area (Å²) in [5.74, 6) is -2.04. The van der Waals surface area contributed by atoms with Crippen molar-refractivity contribution in [2.75, 3.05) is 46.6 Å². The Morgan fingerprint density at radius 2 is 1.76 bits per heavy atom. The fourth-order valence-corrected chi connectivity index (χ4v) is 3.27. The van der Waals surface area contributed by atoms with Gasteiger partial charge in [0.2, 0.25) is 0 Å². The molecule has 1 aliphatic rings. The number of esters is 1. The number of rotatable bonds is 8. The maximum atomic E-state index is 12.3. The molecule has 0 unspecified atom stereocenters. The first kappa shape index (κ1) is 25.0. The lowest BCUT2D eigenvalue weighted by molar-refractivity contribution is -0.137. The summed E-state index contributed by atoms with van der Waals surface area (Å²) in [6, 6.07) is 10.5. The molecule has 0 spiro atoms. The van der Waals surface area contributed by atoms with E-state index in [1.807, 2.05) is 0 Å². The van der Waals surface area contributed by atoms with Crippen molar-refractivity contribution in [1.29, 1.82) is 0 Å². The highest BCUT2D eigenvalue weighted by Crippen LogP contribution is 2.28. The van der Waals surface area contributed by atoms with Gasteiger partial charge in [0.25, 0.3) is 17.7 Å². The lowest BCUT2D eigenvalue weighted by atomic mass is 10.2. The number of carbonyl (C=O) groups excluding carboxylic acids is 4. The van der Waals surface area contributed by atoms with Crippen LogP contribution in [0.15, 0.2) is 42.5 Å². The first-order valence-electron chi connectivity index (χ1n) is 10.3. The lowest BCUT2D eigenvalue weighted by Crippen LogP contribution is -2.43. The number of halogens is 1. The van der Waals surface area contributed by atoms with Crippen molar-refractivity contribution in [3.63, 3.8) is 0 Å². The van der Waals surface area contributed by atoms with Gasteiger partial charge in [-0.2, -0.15) is 0 Å². The number of methoxy groups -OCH3 is 1. The largest absolute Gasteiger partial charge is 0.493 e. The lowest BCUT2D eigenvalue weighted by Gasteiger charge is -2.26. The average Bonchev–Trinajstić information content (AvgIpc) is 2.86. The molecule has 2 aromatic rings. The molecule has 3 rings (SSSR count). The van der Waals surface area contributed by atoms with E-state index in [2.05, 4.69) is 5.32 Å². The van der Waals surface area contributed by atoms with E-state index >= 15 is 0 Å². The molecule has 0 saturated carbocycles. The Morgan fingerprint density at radius 3 is 2.47 bits per heavy atom. The van der Waals surface area contributed by atoms with Crippen LogP contribution < -0.4 is 14.8 Å². The van der Waals surface area contributed by atoms with Gasteiger partial charge in [0, 0.05) is 13.1 Å². The summed E-state index contributed by atoms with van der Waals surface area (Å²) < 4.78 is 21.0. The van der Waals surface area contributed by atoms with Crippen LogP contribution in [0.25, 0.3) is 0 Å². The van der Waals surface area contributed by atoms with Gasteiger partial charge in [0.15, 0.2) is 24.7 Å². The van der Waals surface area contributed by atoms with Crippen LogP contribution in [0.2, 0.25) is 5.02 Å². The highest BCUT2D eigenvalue weighted by Gasteiger charge is 2.20. The summed E-state index contributed by atoms with van der Waals surface area (Å²) in [7, 11) is 1.38. The van der Waals surface area contributed by atoms with Crippen molar-refractivity contribution in [2.24, 2.45) is 0 Å². The van der Waals surface area contributed by atoms with Crippen molar-refractivity contribution >= 4 is 35.3 Å². The standard InChI is InChI=1S/C23H23ClN2O8/c1-31-19-12-15(6-7-18(19)33-14-21(28)26-8-10-32-11-9-26)23(30)34-13-20(27)25-22(29)16-4-2-3-5-17(16)24/h2-7,12H,8-11,13-14H2,1H3,(H,25,27,29). The summed E-state index contributed by atoms with van der Waals surface area (Å²) in [5.41, 5.74) is 0.213. The van der Waals surface area contributed by atoms with Crippen molar-refractivity contribution in [3.05, 3.63) is 58.6 Å². The van der Waals surface area contributed by atoms with Gasteiger partial charge in [0.1, 0.15) is 0 Å². The molecule has 2 aromatic carbocycles. The maximum Gasteiger partial charge on any atom is 0.338 e. The van der Waals surface area contributed by atoms with Gasteiger partial charge in [-0.3, -0.25) is 19.7 Å².